The van der Waals surface area contributed by atoms with E-state index in [1.165, 1.54) is 41.6 Å². The zero-order valence-corrected chi connectivity index (χ0v) is 10.0. The number of aromatic nitrogens is 1. The summed E-state index contributed by atoms with van der Waals surface area (Å²) >= 11 is 0. The lowest BCUT2D eigenvalue weighted by Crippen LogP contribution is -2.10. The summed E-state index contributed by atoms with van der Waals surface area (Å²) in [5.74, 6) is 0. The monoisotopic (exact) mass is 226 g/mol. The van der Waals surface area contributed by atoms with E-state index in [1.54, 1.807) is 0 Å². The summed E-state index contributed by atoms with van der Waals surface area (Å²) in [7, 11) is 0. The summed E-state index contributed by atoms with van der Waals surface area (Å²) in [6.07, 6.45) is 5.80. The zero-order valence-electron chi connectivity index (χ0n) is 10.0. The van der Waals surface area contributed by atoms with Crippen LogP contribution in [0.25, 0.3) is 11.3 Å². The predicted molar refractivity (Wildman–Crippen MR) is 70.9 cm³/mol. The number of rotatable bonds is 2. The standard InChI is InChI=1S/C15H18N2/c16-9-11-17-10-8-13-6-3-5-12-4-1-2-7-14(12)15(13)17/h1-2,4,7-8,10H,3,5-6,9,11,16H2. The highest BCUT2D eigenvalue weighted by Crippen LogP contribution is 2.32. The first-order valence-electron chi connectivity index (χ1n) is 6.36. The van der Waals surface area contributed by atoms with Crippen LogP contribution in [0, 0.1) is 0 Å². The number of benzene rings is 1. The summed E-state index contributed by atoms with van der Waals surface area (Å²) in [6, 6.07) is 11.0. The molecule has 2 aromatic rings. The van der Waals surface area contributed by atoms with Crippen molar-refractivity contribution < 1.29 is 0 Å². The highest BCUT2D eigenvalue weighted by molar-refractivity contribution is 5.69. The van der Waals surface area contributed by atoms with Crippen molar-refractivity contribution in [3.63, 3.8) is 0 Å². The van der Waals surface area contributed by atoms with Crippen LogP contribution in [0.1, 0.15) is 17.5 Å². The third-order valence-electron chi connectivity index (χ3n) is 3.58. The Balaban J connectivity index is 2.19. The van der Waals surface area contributed by atoms with Gasteiger partial charge in [-0.05, 0) is 36.5 Å². The summed E-state index contributed by atoms with van der Waals surface area (Å²) in [6.45, 7) is 1.60. The van der Waals surface area contributed by atoms with Gasteiger partial charge in [0.2, 0.25) is 0 Å². The van der Waals surface area contributed by atoms with Crippen molar-refractivity contribution in [1.82, 2.24) is 4.57 Å². The van der Waals surface area contributed by atoms with Crippen LogP contribution in [0.4, 0.5) is 0 Å². The average molecular weight is 226 g/mol. The molecule has 1 aromatic carbocycles. The minimum atomic E-state index is 0.698. The third-order valence-corrected chi connectivity index (χ3v) is 3.58. The van der Waals surface area contributed by atoms with Crippen molar-refractivity contribution in [2.75, 3.05) is 6.54 Å². The van der Waals surface area contributed by atoms with Gasteiger partial charge < -0.3 is 10.3 Å². The van der Waals surface area contributed by atoms with Gasteiger partial charge in [-0.2, -0.15) is 0 Å². The van der Waals surface area contributed by atoms with E-state index < -0.39 is 0 Å². The van der Waals surface area contributed by atoms with Gasteiger partial charge in [0.1, 0.15) is 0 Å². The van der Waals surface area contributed by atoms with Gasteiger partial charge >= 0.3 is 0 Å². The first-order chi connectivity index (χ1) is 8.40. The highest BCUT2D eigenvalue weighted by Gasteiger charge is 2.17. The molecular formula is C15H18N2. The van der Waals surface area contributed by atoms with Crippen molar-refractivity contribution in [3.8, 4) is 11.3 Å². The number of hydrogen-bond donors (Lipinski definition) is 1. The maximum atomic E-state index is 5.69. The smallest absolute Gasteiger partial charge is 0.0516 e. The predicted octanol–water partition coefficient (Wildman–Crippen LogP) is 2.60. The molecule has 17 heavy (non-hydrogen) atoms. The molecule has 2 nitrogen and oxygen atoms in total. The molecule has 0 aliphatic heterocycles. The molecule has 0 saturated heterocycles. The van der Waals surface area contributed by atoms with Gasteiger partial charge in [-0.25, -0.2) is 0 Å². The molecule has 2 N–H and O–H groups in total. The minimum Gasteiger partial charge on any atom is -0.346 e. The molecule has 1 heterocycles. The maximum absolute atomic E-state index is 5.69. The summed E-state index contributed by atoms with van der Waals surface area (Å²) in [5, 5.41) is 0. The van der Waals surface area contributed by atoms with E-state index in [1.807, 2.05) is 0 Å². The Morgan fingerprint density at radius 1 is 1.06 bits per heavy atom. The van der Waals surface area contributed by atoms with Crippen LogP contribution in [-0.4, -0.2) is 11.1 Å². The fraction of sp³-hybridized carbons (Fsp3) is 0.333. The quantitative estimate of drug-likeness (QED) is 0.838. The Kier molecular flexibility index (Phi) is 2.73. The first kappa shape index (κ1) is 10.6. The molecule has 0 spiro atoms. The van der Waals surface area contributed by atoms with Gasteiger partial charge in [0, 0.05) is 24.8 Å². The van der Waals surface area contributed by atoms with Crippen molar-refractivity contribution in [1.29, 1.82) is 0 Å². The van der Waals surface area contributed by atoms with E-state index in [9.17, 15) is 0 Å². The van der Waals surface area contributed by atoms with E-state index >= 15 is 0 Å². The molecule has 2 heteroatoms. The molecule has 0 atom stereocenters. The van der Waals surface area contributed by atoms with Crippen molar-refractivity contribution >= 4 is 0 Å². The normalized spacial score (nSPS) is 13.9. The average Bonchev–Trinajstić information content (AvgIpc) is 2.65. The van der Waals surface area contributed by atoms with Crippen LogP contribution < -0.4 is 5.73 Å². The lowest BCUT2D eigenvalue weighted by molar-refractivity contribution is 0.718. The van der Waals surface area contributed by atoms with Crippen LogP contribution in [0.5, 0.6) is 0 Å². The Bertz CT molecular complexity index is 525. The van der Waals surface area contributed by atoms with Crippen LogP contribution in [0.3, 0.4) is 0 Å². The first-order valence-corrected chi connectivity index (χ1v) is 6.36. The third kappa shape index (κ3) is 1.79. The second-order valence-corrected chi connectivity index (χ2v) is 4.68. The molecular weight excluding hydrogens is 208 g/mol. The molecule has 1 aliphatic rings. The van der Waals surface area contributed by atoms with Gasteiger partial charge in [0.25, 0.3) is 0 Å². The Labute approximate surface area is 102 Å². The van der Waals surface area contributed by atoms with Crippen LogP contribution in [0.2, 0.25) is 0 Å². The molecule has 0 radical (unpaired) electrons. The number of nitrogens with zero attached hydrogens (tertiary/aromatic N) is 1. The van der Waals surface area contributed by atoms with Gasteiger partial charge in [-0.1, -0.05) is 24.3 Å². The van der Waals surface area contributed by atoms with E-state index in [-0.39, 0.29) is 0 Å². The Morgan fingerprint density at radius 2 is 1.88 bits per heavy atom. The molecule has 1 aliphatic carbocycles. The molecule has 0 unspecified atom stereocenters. The Hall–Kier alpha value is -1.54. The number of hydrogen-bond acceptors (Lipinski definition) is 1. The molecule has 0 saturated carbocycles. The molecule has 1 aromatic heterocycles. The van der Waals surface area contributed by atoms with Crippen LogP contribution >= 0.6 is 0 Å². The molecule has 0 amide bonds. The summed E-state index contributed by atoms with van der Waals surface area (Å²) in [5.41, 5.74) is 11.4. The van der Waals surface area contributed by atoms with Gasteiger partial charge in [-0.15, -0.1) is 0 Å². The van der Waals surface area contributed by atoms with Crippen molar-refractivity contribution in [2.45, 2.75) is 25.8 Å². The van der Waals surface area contributed by atoms with E-state index in [2.05, 4.69) is 41.1 Å². The van der Waals surface area contributed by atoms with E-state index in [4.69, 9.17) is 5.73 Å². The number of fused-ring (bicyclic) bond motifs is 3. The van der Waals surface area contributed by atoms with Crippen molar-refractivity contribution in [3.05, 3.63) is 47.7 Å². The number of nitrogens with two attached hydrogens (primary N) is 1. The van der Waals surface area contributed by atoms with E-state index in [0.29, 0.717) is 6.54 Å². The van der Waals surface area contributed by atoms with Gasteiger partial charge in [0.05, 0.1) is 5.69 Å². The summed E-state index contributed by atoms with van der Waals surface area (Å²) < 4.78 is 2.31. The lowest BCUT2D eigenvalue weighted by atomic mass is 10.0. The Morgan fingerprint density at radius 3 is 2.76 bits per heavy atom. The van der Waals surface area contributed by atoms with E-state index in [0.717, 1.165) is 6.54 Å². The molecule has 0 fully saturated rings. The second-order valence-electron chi connectivity index (χ2n) is 4.68. The molecule has 3 rings (SSSR count). The highest BCUT2D eigenvalue weighted by atomic mass is 15.0. The second kappa shape index (κ2) is 4.38. The SMILES string of the molecule is NCCn1ccc2c1-c1ccccc1CCC2. The maximum Gasteiger partial charge on any atom is 0.0516 e. The molecule has 0 bridgehead atoms. The fourth-order valence-corrected chi connectivity index (χ4v) is 2.81. The lowest BCUT2D eigenvalue weighted by Gasteiger charge is -2.11. The van der Waals surface area contributed by atoms with Gasteiger partial charge in [-0.3, -0.25) is 0 Å². The fourth-order valence-electron chi connectivity index (χ4n) is 2.81. The molecule has 88 valence electrons. The number of aryl methyl sites for hydroxylation is 2. The van der Waals surface area contributed by atoms with Crippen molar-refractivity contribution in [2.24, 2.45) is 5.73 Å². The van der Waals surface area contributed by atoms with Crippen LogP contribution in [0.15, 0.2) is 36.5 Å². The topological polar surface area (TPSA) is 30.9 Å². The van der Waals surface area contributed by atoms with Crippen LogP contribution in [-0.2, 0) is 19.4 Å². The summed E-state index contributed by atoms with van der Waals surface area (Å²) in [4.78, 5) is 0. The largest absolute Gasteiger partial charge is 0.346 e. The zero-order chi connectivity index (χ0) is 11.7. The van der Waals surface area contributed by atoms with Gasteiger partial charge in [0.15, 0.2) is 0 Å². The minimum absolute atomic E-state index is 0.698.